The molecule has 1 aromatic rings. The molecular weight excluding hydrogens is 226 g/mol. The lowest BCUT2D eigenvalue weighted by atomic mass is 10.1. The first-order valence-electron chi connectivity index (χ1n) is 6.76. The van der Waals surface area contributed by atoms with E-state index >= 15 is 0 Å². The molecule has 0 spiro atoms. The number of nitrogens with one attached hydrogen (secondary N) is 1. The molecule has 1 atom stereocenters. The summed E-state index contributed by atoms with van der Waals surface area (Å²) in [5, 5.41) is 3.47. The second kappa shape index (κ2) is 6.39. The molecule has 0 saturated heterocycles. The molecule has 1 unspecified atom stereocenters. The second-order valence-corrected chi connectivity index (χ2v) is 5.93. The van der Waals surface area contributed by atoms with Crippen LogP contribution >= 0.6 is 0 Å². The minimum Gasteiger partial charge on any atom is -0.464 e. The van der Waals surface area contributed by atoms with Crippen molar-refractivity contribution < 1.29 is 9.15 Å². The highest BCUT2D eigenvalue weighted by Crippen LogP contribution is 2.17. The fraction of sp³-hybridized carbons (Fsp3) is 0.733. The zero-order chi connectivity index (χ0) is 13.8. The van der Waals surface area contributed by atoms with Gasteiger partial charge in [-0.15, -0.1) is 0 Å². The molecular formula is C15H27NO2. The van der Waals surface area contributed by atoms with Crippen LogP contribution in [0, 0.1) is 6.92 Å². The summed E-state index contributed by atoms with van der Waals surface area (Å²) < 4.78 is 11.4. The minimum absolute atomic E-state index is 0.122. The molecule has 0 aliphatic heterocycles. The van der Waals surface area contributed by atoms with E-state index in [9.17, 15) is 0 Å². The average molecular weight is 253 g/mol. The molecule has 1 heterocycles. The molecule has 1 N–H and O–H groups in total. The van der Waals surface area contributed by atoms with Crippen LogP contribution in [0.4, 0.5) is 0 Å². The summed E-state index contributed by atoms with van der Waals surface area (Å²) in [6.07, 6.45) is 1.31. The van der Waals surface area contributed by atoms with E-state index in [4.69, 9.17) is 9.15 Å². The van der Waals surface area contributed by atoms with Crippen LogP contribution in [0.3, 0.4) is 0 Å². The molecule has 0 amide bonds. The maximum Gasteiger partial charge on any atom is 0.130 e. The lowest BCUT2D eigenvalue weighted by molar-refractivity contribution is 0.0403. The van der Waals surface area contributed by atoms with Gasteiger partial charge in [-0.2, -0.15) is 0 Å². The lowest BCUT2D eigenvalue weighted by Crippen LogP contribution is -2.35. The SMILES string of the molecule is CCC(C)OCc1cc(CNC(C)(C)C)c(C)o1. The van der Waals surface area contributed by atoms with Gasteiger partial charge in [-0.25, -0.2) is 0 Å². The summed E-state index contributed by atoms with van der Waals surface area (Å²) in [5.74, 6) is 1.90. The van der Waals surface area contributed by atoms with Crippen LogP contribution in [0.1, 0.15) is 58.1 Å². The molecule has 1 rings (SSSR count). The molecule has 1 aromatic heterocycles. The molecule has 0 aliphatic rings. The summed E-state index contributed by atoms with van der Waals surface area (Å²) in [7, 11) is 0. The Hall–Kier alpha value is -0.800. The Balaban J connectivity index is 2.53. The lowest BCUT2D eigenvalue weighted by Gasteiger charge is -2.20. The molecule has 0 bridgehead atoms. The van der Waals surface area contributed by atoms with Crippen LogP contribution in [0.5, 0.6) is 0 Å². The van der Waals surface area contributed by atoms with Crippen LogP contribution < -0.4 is 5.32 Å². The maximum atomic E-state index is 5.71. The van der Waals surface area contributed by atoms with Crippen molar-refractivity contribution in [3.63, 3.8) is 0 Å². The molecule has 0 radical (unpaired) electrons. The Kier molecular flexibility index (Phi) is 5.42. The van der Waals surface area contributed by atoms with Gasteiger partial charge in [0.2, 0.25) is 0 Å². The van der Waals surface area contributed by atoms with Crippen LogP contribution in [0.2, 0.25) is 0 Å². The predicted octanol–water partition coefficient (Wildman–Crippen LogP) is 3.79. The fourth-order valence-corrected chi connectivity index (χ4v) is 1.54. The largest absolute Gasteiger partial charge is 0.464 e. The Labute approximate surface area is 111 Å². The molecule has 104 valence electrons. The topological polar surface area (TPSA) is 34.4 Å². The first kappa shape index (κ1) is 15.3. The van der Waals surface area contributed by atoms with Gasteiger partial charge >= 0.3 is 0 Å². The van der Waals surface area contributed by atoms with Crippen molar-refractivity contribution in [2.75, 3.05) is 0 Å². The zero-order valence-corrected chi connectivity index (χ0v) is 12.6. The Morgan fingerprint density at radius 3 is 2.61 bits per heavy atom. The second-order valence-electron chi connectivity index (χ2n) is 5.93. The van der Waals surface area contributed by atoms with Gasteiger partial charge in [0.15, 0.2) is 0 Å². The first-order chi connectivity index (χ1) is 8.31. The van der Waals surface area contributed by atoms with Gasteiger partial charge in [-0.1, -0.05) is 6.92 Å². The predicted molar refractivity (Wildman–Crippen MR) is 74.6 cm³/mol. The third-order valence-electron chi connectivity index (χ3n) is 2.97. The fourth-order valence-electron chi connectivity index (χ4n) is 1.54. The van der Waals surface area contributed by atoms with Gasteiger partial charge in [-0.05, 0) is 47.1 Å². The molecule has 3 nitrogen and oxygen atoms in total. The smallest absolute Gasteiger partial charge is 0.130 e. The van der Waals surface area contributed by atoms with Crippen LogP contribution in [-0.2, 0) is 17.9 Å². The van der Waals surface area contributed by atoms with Crippen molar-refractivity contribution in [2.45, 2.75) is 72.8 Å². The van der Waals surface area contributed by atoms with E-state index in [2.05, 4.69) is 46.0 Å². The Bertz CT molecular complexity index is 363. The third kappa shape index (κ3) is 5.23. The van der Waals surface area contributed by atoms with E-state index in [0.29, 0.717) is 6.61 Å². The quantitative estimate of drug-likeness (QED) is 0.837. The van der Waals surface area contributed by atoms with E-state index in [0.717, 1.165) is 24.5 Å². The normalized spacial score (nSPS) is 13.9. The number of ether oxygens (including phenoxy) is 1. The number of rotatable bonds is 6. The summed E-state index contributed by atoms with van der Waals surface area (Å²) in [5.41, 5.74) is 1.34. The van der Waals surface area contributed by atoms with Crippen molar-refractivity contribution in [1.29, 1.82) is 0 Å². The third-order valence-corrected chi connectivity index (χ3v) is 2.97. The summed E-state index contributed by atoms with van der Waals surface area (Å²) in [6.45, 7) is 14.1. The highest BCUT2D eigenvalue weighted by Gasteiger charge is 2.13. The highest BCUT2D eigenvalue weighted by molar-refractivity contribution is 5.20. The van der Waals surface area contributed by atoms with E-state index in [1.54, 1.807) is 0 Å². The van der Waals surface area contributed by atoms with Gasteiger partial charge < -0.3 is 14.5 Å². The standard InChI is InChI=1S/C15H27NO2/c1-7-11(2)17-10-14-8-13(12(3)18-14)9-16-15(4,5)6/h8,11,16H,7,9-10H2,1-6H3. The number of furan rings is 1. The van der Waals surface area contributed by atoms with E-state index in [1.165, 1.54) is 5.56 Å². The van der Waals surface area contributed by atoms with Gasteiger partial charge in [0.25, 0.3) is 0 Å². The van der Waals surface area contributed by atoms with Gasteiger partial charge in [0.05, 0.1) is 6.10 Å². The van der Waals surface area contributed by atoms with Gasteiger partial charge in [-0.3, -0.25) is 0 Å². The molecule has 0 fully saturated rings. The molecule has 3 heteroatoms. The van der Waals surface area contributed by atoms with Crippen molar-refractivity contribution >= 4 is 0 Å². The zero-order valence-electron chi connectivity index (χ0n) is 12.6. The molecule has 0 saturated carbocycles. The van der Waals surface area contributed by atoms with Crippen LogP contribution in [-0.4, -0.2) is 11.6 Å². The average Bonchev–Trinajstić information content (AvgIpc) is 2.63. The van der Waals surface area contributed by atoms with Gasteiger partial charge in [0.1, 0.15) is 18.1 Å². The van der Waals surface area contributed by atoms with E-state index < -0.39 is 0 Å². The van der Waals surface area contributed by atoms with Crippen molar-refractivity contribution in [3.8, 4) is 0 Å². The van der Waals surface area contributed by atoms with E-state index in [-0.39, 0.29) is 11.6 Å². The van der Waals surface area contributed by atoms with Crippen LogP contribution in [0.25, 0.3) is 0 Å². The molecule has 18 heavy (non-hydrogen) atoms. The summed E-state index contributed by atoms with van der Waals surface area (Å²) in [4.78, 5) is 0. The highest BCUT2D eigenvalue weighted by atomic mass is 16.5. The number of aryl methyl sites for hydroxylation is 1. The van der Waals surface area contributed by atoms with Crippen molar-refractivity contribution in [3.05, 3.63) is 23.2 Å². The van der Waals surface area contributed by atoms with Crippen LogP contribution in [0.15, 0.2) is 10.5 Å². The summed E-state index contributed by atoms with van der Waals surface area (Å²) >= 11 is 0. The Morgan fingerprint density at radius 2 is 2.06 bits per heavy atom. The van der Waals surface area contributed by atoms with Crippen molar-refractivity contribution in [1.82, 2.24) is 5.32 Å². The number of hydrogen-bond donors (Lipinski definition) is 1. The maximum absolute atomic E-state index is 5.71. The van der Waals surface area contributed by atoms with E-state index in [1.807, 2.05) is 6.92 Å². The molecule has 0 aliphatic carbocycles. The first-order valence-corrected chi connectivity index (χ1v) is 6.76. The number of hydrogen-bond acceptors (Lipinski definition) is 3. The monoisotopic (exact) mass is 253 g/mol. The van der Waals surface area contributed by atoms with Gasteiger partial charge in [0, 0.05) is 17.6 Å². The molecule has 0 aromatic carbocycles. The Morgan fingerprint density at radius 1 is 1.39 bits per heavy atom. The van der Waals surface area contributed by atoms with Crippen molar-refractivity contribution in [2.24, 2.45) is 0 Å². The summed E-state index contributed by atoms with van der Waals surface area (Å²) in [6, 6.07) is 2.09. The minimum atomic E-state index is 0.122.